The lowest BCUT2D eigenvalue weighted by molar-refractivity contribution is 0.759. The number of azo groups is 1. The molecule has 0 fully saturated rings. The summed E-state index contributed by atoms with van der Waals surface area (Å²) in [5.74, 6) is 1.51. The van der Waals surface area contributed by atoms with Gasteiger partial charge in [-0.05, 0) is 0 Å². The predicted molar refractivity (Wildman–Crippen MR) is 39.4 cm³/mol. The molecule has 54 valence electrons. The summed E-state index contributed by atoms with van der Waals surface area (Å²) >= 11 is 0. The molecular weight excluding hydrogens is 128 g/mol. The van der Waals surface area contributed by atoms with Crippen LogP contribution in [0.2, 0.25) is 0 Å². The first kappa shape index (κ1) is 6.92. The van der Waals surface area contributed by atoms with Crippen molar-refractivity contribution in [1.29, 1.82) is 0 Å². The van der Waals surface area contributed by atoms with Crippen LogP contribution < -0.4 is 5.43 Å². The van der Waals surface area contributed by atoms with Gasteiger partial charge in [-0.1, -0.05) is 20.4 Å². The molecule has 0 spiro atoms. The first-order valence-electron chi connectivity index (χ1n) is 3.14. The highest BCUT2D eigenvalue weighted by atomic mass is 15.4. The van der Waals surface area contributed by atoms with E-state index in [4.69, 9.17) is 0 Å². The number of nitrogens with one attached hydrogen (secondary N) is 1. The molecule has 0 bridgehead atoms. The fraction of sp³-hybridized carbons (Fsp3) is 0.500. The number of hydrazone groups is 1. The standard InChI is InChI=1S/C6H10N4/c1-4(2)6-9-7-5(3)8-10-6/h4,7H,3H2,1-2H3. The van der Waals surface area contributed by atoms with E-state index in [1.54, 1.807) is 0 Å². The molecule has 1 aliphatic heterocycles. The van der Waals surface area contributed by atoms with Crippen LogP contribution in [-0.4, -0.2) is 5.84 Å². The Labute approximate surface area is 59.7 Å². The molecule has 10 heavy (non-hydrogen) atoms. The van der Waals surface area contributed by atoms with Gasteiger partial charge in [0.1, 0.15) is 0 Å². The SMILES string of the molecule is C=C1N=NC(C(C)C)=NN1. The second-order valence-electron chi connectivity index (χ2n) is 2.38. The molecule has 0 amide bonds. The third kappa shape index (κ3) is 1.40. The van der Waals surface area contributed by atoms with Gasteiger partial charge in [0.05, 0.1) is 0 Å². The maximum absolute atomic E-state index is 3.92. The summed E-state index contributed by atoms with van der Waals surface area (Å²) in [4.78, 5) is 0. The topological polar surface area (TPSA) is 49.1 Å². The monoisotopic (exact) mass is 138 g/mol. The first-order valence-corrected chi connectivity index (χ1v) is 3.14. The third-order valence-corrected chi connectivity index (χ3v) is 1.09. The number of hydrogen-bond donors (Lipinski definition) is 1. The van der Waals surface area contributed by atoms with Crippen molar-refractivity contribution in [2.24, 2.45) is 21.2 Å². The number of rotatable bonds is 1. The van der Waals surface area contributed by atoms with Crippen LogP contribution in [0.15, 0.2) is 27.7 Å². The second kappa shape index (κ2) is 2.60. The van der Waals surface area contributed by atoms with Crippen LogP contribution in [-0.2, 0) is 0 Å². The molecule has 0 aliphatic carbocycles. The van der Waals surface area contributed by atoms with Crippen LogP contribution in [0, 0.1) is 5.92 Å². The molecule has 4 nitrogen and oxygen atoms in total. The van der Waals surface area contributed by atoms with Gasteiger partial charge in [0.25, 0.3) is 0 Å². The van der Waals surface area contributed by atoms with E-state index in [1.807, 2.05) is 13.8 Å². The van der Waals surface area contributed by atoms with Crippen molar-refractivity contribution in [2.75, 3.05) is 0 Å². The molecule has 0 unspecified atom stereocenters. The van der Waals surface area contributed by atoms with Gasteiger partial charge in [0.15, 0.2) is 11.7 Å². The van der Waals surface area contributed by atoms with Gasteiger partial charge in [-0.3, -0.25) is 5.43 Å². The van der Waals surface area contributed by atoms with E-state index in [0.29, 0.717) is 17.6 Å². The van der Waals surface area contributed by atoms with E-state index >= 15 is 0 Å². The average Bonchev–Trinajstić information content (AvgIpc) is 1.88. The van der Waals surface area contributed by atoms with Crippen LogP contribution in [0.25, 0.3) is 0 Å². The quantitative estimate of drug-likeness (QED) is 0.586. The van der Waals surface area contributed by atoms with Gasteiger partial charge in [-0.25, -0.2) is 0 Å². The second-order valence-corrected chi connectivity index (χ2v) is 2.38. The lowest BCUT2D eigenvalue weighted by Gasteiger charge is -2.08. The Balaban J connectivity index is 2.67. The lowest BCUT2D eigenvalue weighted by atomic mass is 10.2. The van der Waals surface area contributed by atoms with E-state index in [0.717, 1.165) is 0 Å². The van der Waals surface area contributed by atoms with E-state index < -0.39 is 0 Å². The molecule has 1 aliphatic rings. The zero-order valence-electron chi connectivity index (χ0n) is 6.13. The molecule has 0 saturated carbocycles. The zero-order chi connectivity index (χ0) is 7.56. The van der Waals surface area contributed by atoms with Gasteiger partial charge < -0.3 is 0 Å². The molecular formula is C6H10N4. The van der Waals surface area contributed by atoms with Crippen molar-refractivity contribution in [1.82, 2.24) is 5.43 Å². The average molecular weight is 138 g/mol. The zero-order valence-corrected chi connectivity index (χ0v) is 6.13. The Morgan fingerprint density at radius 3 is 2.50 bits per heavy atom. The minimum atomic E-state index is 0.310. The summed E-state index contributed by atoms with van der Waals surface area (Å²) in [5, 5.41) is 11.5. The van der Waals surface area contributed by atoms with Crippen LogP contribution >= 0.6 is 0 Å². The highest BCUT2D eigenvalue weighted by Gasteiger charge is 2.06. The number of hydrogen-bond acceptors (Lipinski definition) is 4. The minimum Gasteiger partial charge on any atom is -0.259 e. The van der Waals surface area contributed by atoms with Gasteiger partial charge in [0.2, 0.25) is 0 Å². The third-order valence-electron chi connectivity index (χ3n) is 1.09. The summed E-state index contributed by atoms with van der Waals surface area (Å²) in [6.07, 6.45) is 0. The summed E-state index contributed by atoms with van der Waals surface area (Å²) < 4.78 is 0. The largest absolute Gasteiger partial charge is 0.259 e. The lowest BCUT2D eigenvalue weighted by Crippen LogP contribution is -2.15. The predicted octanol–water partition coefficient (Wildman–Crippen LogP) is 1.48. The molecule has 0 aromatic carbocycles. The van der Waals surface area contributed by atoms with E-state index in [1.165, 1.54) is 0 Å². The van der Waals surface area contributed by atoms with Gasteiger partial charge in [-0.15, -0.1) is 10.2 Å². The molecule has 1 N–H and O–H groups in total. The Kier molecular flexibility index (Phi) is 1.80. The Hall–Kier alpha value is -1.19. The smallest absolute Gasteiger partial charge is 0.173 e. The summed E-state index contributed by atoms with van der Waals surface area (Å²) in [6, 6.07) is 0. The van der Waals surface area contributed by atoms with E-state index in [-0.39, 0.29) is 0 Å². The molecule has 4 heteroatoms. The highest BCUT2D eigenvalue weighted by molar-refractivity contribution is 5.84. The summed E-state index contributed by atoms with van der Waals surface area (Å²) in [7, 11) is 0. The summed E-state index contributed by atoms with van der Waals surface area (Å²) in [5.41, 5.74) is 2.65. The first-order chi connectivity index (χ1) is 4.70. The Morgan fingerprint density at radius 2 is 2.10 bits per heavy atom. The van der Waals surface area contributed by atoms with Crippen LogP contribution in [0.5, 0.6) is 0 Å². The van der Waals surface area contributed by atoms with Crippen LogP contribution in [0.3, 0.4) is 0 Å². The minimum absolute atomic E-state index is 0.310. The highest BCUT2D eigenvalue weighted by Crippen LogP contribution is 2.04. The maximum atomic E-state index is 3.92. The van der Waals surface area contributed by atoms with E-state index in [9.17, 15) is 0 Å². The molecule has 0 aromatic heterocycles. The van der Waals surface area contributed by atoms with Crippen LogP contribution in [0.4, 0.5) is 0 Å². The van der Waals surface area contributed by atoms with Crippen LogP contribution in [0.1, 0.15) is 13.8 Å². The molecule has 0 aromatic rings. The van der Waals surface area contributed by atoms with Crippen molar-refractivity contribution in [3.05, 3.63) is 12.4 Å². The number of nitrogens with zero attached hydrogens (tertiary/aromatic N) is 3. The Morgan fingerprint density at radius 1 is 1.40 bits per heavy atom. The van der Waals surface area contributed by atoms with Crippen molar-refractivity contribution < 1.29 is 0 Å². The fourth-order valence-corrected chi connectivity index (χ4v) is 0.523. The van der Waals surface area contributed by atoms with Gasteiger partial charge in [0, 0.05) is 5.92 Å². The van der Waals surface area contributed by atoms with E-state index in [2.05, 4.69) is 27.3 Å². The van der Waals surface area contributed by atoms with Gasteiger partial charge in [-0.2, -0.15) is 5.10 Å². The normalized spacial score (nSPS) is 17.1. The van der Waals surface area contributed by atoms with Crippen molar-refractivity contribution in [3.63, 3.8) is 0 Å². The number of amidine groups is 1. The molecule has 1 rings (SSSR count). The van der Waals surface area contributed by atoms with Crippen molar-refractivity contribution in [3.8, 4) is 0 Å². The van der Waals surface area contributed by atoms with Crippen molar-refractivity contribution in [2.45, 2.75) is 13.8 Å². The summed E-state index contributed by atoms with van der Waals surface area (Å²) in [6.45, 7) is 7.54. The molecule has 0 saturated heterocycles. The Bertz CT molecular complexity index is 202. The molecule has 0 radical (unpaired) electrons. The maximum Gasteiger partial charge on any atom is 0.173 e. The van der Waals surface area contributed by atoms with Gasteiger partial charge >= 0.3 is 0 Å². The van der Waals surface area contributed by atoms with Crippen molar-refractivity contribution >= 4 is 5.84 Å². The molecule has 1 heterocycles. The fourth-order valence-electron chi connectivity index (χ4n) is 0.523. The molecule has 0 atom stereocenters.